The summed E-state index contributed by atoms with van der Waals surface area (Å²) in [7, 11) is 0. The Bertz CT molecular complexity index is 830. The van der Waals surface area contributed by atoms with Crippen molar-refractivity contribution in [2.45, 2.75) is 13.1 Å². The molecule has 0 bridgehead atoms. The maximum absolute atomic E-state index is 12.7. The van der Waals surface area contributed by atoms with Crippen LogP contribution in [0.4, 0.5) is 18.9 Å². The number of carbonyl (C=O) groups excluding carboxylic acids is 2. The molecule has 7 heteroatoms. The molecule has 2 aromatic carbocycles. The van der Waals surface area contributed by atoms with E-state index in [1.807, 2.05) is 0 Å². The Morgan fingerprint density at radius 1 is 1.08 bits per heavy atom. The van der Waals surface area contributed by atoms with E-state index >= 15 is 0 Å². The molecule has 0 heterocycles. The smallest absolute Gasteiger partial charge is 0.352 e. The van der Waals surface area contributed by atoms with Crippen molar-refractivity contribution in [1.82, 2.24) is 5.32 Å². The van der Waals surface area contributed by atoms with Gasteiger partial charge in [0.25, 0.3) is 5.91 Å². The molecular formula is C19H17F3N2O2. The third-order valence-electron chi connectivity index (χ3n) is 3.37. The normalized spacial score (nSPS) is 11.4. The summed E-state index contributed by atoms with van der Waals surface area (Å²) in [4.78, 5) is 23.7. The van der Waals surface area contributed by atoms with Crippen LogP contribution >= 0.6 is 0 Å². The van der Waals surface area contributed by atoms with E-state index < -0.39 is 17.6 Å². The van der Waals surface area contributed by atoms with Crippen molar-refractivity contribution < 1.29 is 22.8 Å². The number of alkyl halides is 3. The van der Waals surface area contributed by atoms with Crippen LogP contribution in [-0.4, -0.2) is 18.4 Å². The van der Waals surface area contributed by atoms with E-state index in [0.717, 1.165) is 18.2 Å². The van der Waals surface area contributed by atoms with Crippen LogP contribution < -0.4 is 10.6 Å². The fourth-order valence-corrected chi connectivity index (χ4v) is 2.18. The van der Waals surface area contributed by atoms with Crippen LogP contribution in [0.5, 0.6) is 0 Å². The molecule has 2 aromatic rings. The summed E-state index contributed by atoms with van der Waals surface area (Å²) in [5, 5.41) is 5.22. The lowest BCUT2D eigenvalue weighted by atomic mass is 10.1. The monoisotopic (exact) mass is 362 g/mol. The second kappa shape index (κ2) is 8.33. The van der Waals surface area contributed by atoms with E-state index in [4.69, 9.17) is 0 Å². The van der Waals surface area contributed by atoms with Crippen molar-refractivity contribution in [2.75, 3.05) is 11.9 Å². The Morgan fingerprint density at radius 3 is 2.50 bits per heavy atom. The minimum atomic E-state index is -4.44. The second-order valence-corrected chi connectivity index (χ2v) is 5.39. The highest BCUT2D eigenvalue weighted by Crippen LogP contribution is 2.29. The van der Waals surface area contributed by atoms with Gasteiger partial charge in [0.05, 0.1) is 5.56 Å². The van der Waals surface area contributed by atoms with Crippen LogP contribution in [0.1, 0.15) is 28.4 Å². The zero-order chi connectivity index (χ0) is 19.2. The van der Waals surface area contributed by atoms with E-state index in [1.54, 1.807) is 25.1 Å². The van der Waals surface area contributed by atoms with Gasteiger partial charge in [-0.25, -0.2) is 0 Å². The predicted octanol–water partition coefficient (Wildman–Crippen LogP) is 4.11. The van der Waals surface area contributed by atoms with Gasteiger partial charge in [-0.15, -0.1) is 0 Å². The molecule has 2 rings (SSSR count). The summed E-state index contributed by atoms with van der Waals surface area (Å²) in [6, 6.07) is 11.0. The van der Waals surface area contributed by atoms with Gasteiger partial charge in [0.2, 0.25) is 5.91 Å². The lowest BCUT2D eigenvalue weighted by molar-refractivity contribution is -0.137. The van der Waals surface area contributed by atoms with Crippen LogP contribution in [-0.2, 0) is 11.0 Å². The summed E-state index contributed by atoms with van der Waals surface area (Å²) in [6.45, 7) is 2.28. The minimum Gasteiger partial charge on any atom is -0.352 e. The largest absolute Gasteiger partial charge is 0.416 e. The maximum Gasteiger partial charge on any atom is 0.416 e. The SMILES string of the molecule is CCNC(=O)c1cccc(NC(=O)/C=C/c2cccc(C(F)(F)F)c2)c1. The lowest BCUT2D eigenvalue weighted by Gasteiger charge is -2.07. The Labute approximate surface area is 148 Å². The quantitative estimate of drug-likeness (QED) is 0.787. The number of nitrogens with one attached hydrogen (secondary N) is 2. The Balaban J connectivity index is 2.06. The summed E-state index contributed by atoms with van der Waals surface area (Å²) in [5.74, 6) is -0.779. The predicted molar refractivity (Wildman–Crippen MR) is 93.6 cm³/mol. The first-order chi connectivity index (χ1) is 12.3. The number of hydrogen-bond donors (Lipinski definition) is 2. The fourth-order valence-electron chi connectivity index (χ4n) is 2.18. The van der Waals surface area contributed by atoms with E-state index in [2.05, 4.69) is 10.6 Å². The molecule has 26 heavy (non-hydrogen) atoms. The van der Waals surface area contributed by atoms with Crippen molar-refractivity contribution in [1.29, 1.82) is 0 Å². The Kier molecular flexibility index (Phi) is 6.16. The molecule has 0 saturated carbocycles. The average Bonchev–Trinajstić information content (AvgIpc) is 2.60. The first-order valence-corrected chi connectivity index (χ1v) is 7.84. The zero-order valence-electron chi connectivity index (χ0n) is 13.9. The van der Waals surface area contributed by atoms with Crippen molar-refractivity contribution in [3.63, 3.8) is 0 Å². The number of rotatable bonds is 5. The average molecular weight is 362 g/mol. The van der Waals surface area contributed by atoms with Gasteiger partial charge >= 0.3 is 6.18 Å². The Morgan fingerprint density at radius 2 is 1.81 bits per heavy atom. The van der Waals surface area contributed by atoms with Gasteiger partial charge in [-0.2, -0.15) is 13.2 Å². The van der Waals surface area contributed by atoms with Crippen LogP contribution in [0, 0.1) is 0 Å². The number of carbonyl (C=O) groups is 2. The highest BCUT2D eigenvalue weighted by molar-refractivity contribution is 6.03. The lowest BCUT2D eigenvalue weighted by Crippen LogP contribution is -2.22. The molecule has 0 saturated heterocycles. The van der Waals surface area contributed by atoms with Gasteiger partial charge in [0.15, 0.2) is 0 Å². The highest BCUT2D eigenvalue weighted by Gasteiger charge is 2.30. The Hall–Kier alpha value is -3.09. The van der Waals surface area contributed by atoms with Gasteiger partial charge in [-0.05, 0) is 48.9 Å². The molecule has 2 N–H and O–H groups in total. The molecule has 4 nitrogen and oxygen atoms in total. The standard InChI is InChI=1S/C19H17F3N2O2/c1-2-23-18(26)14-6-4-8-16(12-14)24-17(25)10-9-13-5-3-7-15(11-13)19(20,21)22/h3-12H,2H2,1H3,(H,23,26)(H,24,25)/b10-9+. The number of anilines is 1. The molecule has 2 amide bonds. The first-order valence-electron chi connectivity index (χ1n) is 7.84. The van der Waals surface area contributed by atoms with Crippen molar-refractivity contribution >= 4 is 23.6 Å². The summed E-state index contributed by atoms with van der Waals surface area (Å²) < 4.78 is 38.0. The third kappa shape index (κ3) is 5.47. The molecule has 136 valence electrons. The first kappa shape index (κ1) is 19.2. The fraction of sp³-hybridized carbons (Fsp3) is 0.158. The molecule has 0 aliphatic heterocycles. The molecule has 0 unspecified atom stereocenters. The van der Waals surface area contributed by atoms with Crippen LogP contribution in [0.15, 0.2) is 54.6 Å². The number of amides is 2. The van der Waals surface area contributed by atoms with Crippen LogP contribution in [0.3, 0.4) is 0 Å². The van der Waals surface area contributed by atoms with E-state index in [0.29, 0.717) is 17.8 Å². The summed E-state index contributed by atoms with van der Waals surface area (Å²) >= 11 is 0. The molecule has 0 atom stereocenters. The van der Waals surface area contributed by atoms with Gasteiger partial charge in [-0.1, -0.05) is 18.2 Å². The maximum atomic E-state index is 12.7. The van der Waals surface area contributed by atoms with E-state index in [-0.39, 0.29) is 11.5 Å². The van der Waals surface area contributed by atoms with Gasteiger partial charge in [0, 0.05) is 23.9 Å². The number of halogens is 3. The second-order valence-electron chi connectivity index (χ2n) is 5.39. The molecule has 0 aromatic heterocycles. The molecule has 0 fully saturated rings. The van der Waals surface area contributed by atoms with Crippen molar-refractivity contribution in [3.05, 3.63) is 71.3 Å². The molecule has 0 radical (unpaired) electrons. The molecule has 0 aliphatic carbocycles. The van der Waals surface area contributed by atoms with Crippen molar-refractivity contribution in [2.24, 2.45) is 0 Å². The molecule has 0 spiro atoms. The highest BCUT2D eigenvalue weighted by atomic mass is 19.4. The number of benzene rings is 2. The topological polar surface area (TPSA) is 58.2 Å². The van der Waals surface area contributed by atoms with Gasteiger partial charge in [0.1, 0.15) is 0 Å². The molecule has 0 aliphatic rings. The van der Waals surface area contributed by atoms with Crippen LogP contribution in [0.2, 0.25) is 0 Å². The van der Waals surface area contributed by atoms with Crippen molar-refractivity contribution in [3.8, 4) is 0 Å². The van der Waals surface area contributed by atoms with E-state index in [9.17, 15) is 22.8 Å². The van der Waals surface area contributed by atoms with Crippen LogP contribution in [0.25, 0.3) is 6.08 Å². The van der Waals surface area contributed by atoms with Gasteiger partial charge in [-0.3, -0.25) is 9.59 Å². The summed E-state index contributed by atoms with van der Waals surface area (Å²) in [6.07, 6.45) is -2.02. The minimum absolute atomic E-state index is 0.256. The number of hydrogen-bond acceptors (Lipinski definition) is 2. The third-order valence-corrected chi connectivity index (χ3v) is 3.37. The summed E-state index contributed by atoms with van der Waals surface area (Å²) in [5.41, 5.74) is 0.277. The zero-order valence-corrected chi connectivity index (χ0v) is 13.9. The van der Waals surface area contributed by atoms with E-state index in [1.165, 1.54) is 24.3 Å². The molecular weight excluding hydrogens is 345 g/mol. The van der Waals surface area contributed by atoms with Gasteiger partial charge < -0.3 is 10.6 Å².